The Morgan fingerprint density at radius 3 is 2.41 bits per heavy atom. The number of aryl methyl sites for hydroxylation is 1. The molecule has 2 N–H and O–H groups in total. The van der Waals surface area contributed by atoms with E-state index in [1.54, 1.807) is 19.2 Å². The molecule has 1 aromatic carbocycles. The van der Waals surface area contributed by atoms with Crippen LogP contribution in [0.2, 0.25) is 0 Å². The molecule has 0 bridgehead atoms. The number of nitrogens with two attached hydrogens (primary N) is 1. The van der Waals surface area contributed by atoms with Crippen molar-refractivity contribution in [3.63, 3.8) is 0 Å². The summed E-state index contributed by atoms with van der Waals surface area (Å²) in [5.74, 6) is -0.739. The summed E-state index contributed by atoms with van der Waals surface area (Å²) in [5, 5.41) is 0. The lowest BCUT2D eigenvalue weighted by atomic mass is 10.0. The van der Waals surface area contributed by atoms with Gasteiger partial charge < -0.3 is 5.73 Å². The molecule has 0 aliphatic rings. The van der Waals surface area contributed by atoms with E-state index in [-0.39, 0.29) is 0 Å². The van der Waals surface area contributed by atoms with Crippen LogP contribution < -0.4 is 5.73 Å². The molecule has 2 aromatic rings. The van der Waals surface area contributed by atoms with Crippen LogP contribution in [0.25, 0.3) is 0 Å². The minimum Gasteiger partial charge on any atom is -0.319 e. The van der Waals surface area contributed by atoms with Crippen molar-refractivity contribution in [1.82, 2.24) is 9.97 Å². The van der Waals surface area contributed by atoms with Crippen molar-refractivity contribution in [3.8, 4) is 0 Å². The minimum absolute atomic E-state index is 0.348. The lowest BCUT2D eigenvalue weighted by molar-refractivity contribution is 0.577. The van der Waals surface area contributed by atoms with Gasteiger partial charge in [0.05, 0.1) is 11.7 Å². The predicted octanol–water partition coefficient (Wildman–Crippen LogP) is 2.11. The number of rotatable bonds is 2. The zero-order valence-corrected chi connectivity index (χ0v) is 9.19. The molecule has 2 rings (SSSR count). The molecule has 0 aliphatic heterocycles. The molecular formula is C12H11F2N3. The molecule has 3 nitrogen and oxygen atoms in total. The summed E-state index contributed by atoms with van der Waals surface area (Å²) < 4.78 is 26.1. The zero-order valence-electron chi connectivity index (χ0n) is 9.19. The molecule has 0 spiro atoms. The number of hydrogen-bond acceptors (Lipinski definition) is 3. The normalized spacial score (nSPS) is 12.5. The fraction of sp³-hybridized carbons (Fsp3) is 0.167. The van der Waals surface area contributed by atoms with Crippen molar-refractivity contribution in [3.05, 3.63) is 59.2 Å². The quantitative estimate of drug-likeness (QED) is 0.867. The Kier molecular flexibility index (Phi) is 3.10. The first-order valence-electron chi connectivity index (χ1n) is 5.07. The van der Waals surface area contributed by atoms with Crippen molar-refractivity contribution in [2.45, 2.75) is 13.0 Å². The fourth-order valence-electron chi connectivity index (χ4n) is 1.57. The van der Waals surface area contributed by atoms with E-state index in [1.807, 2.05) is 0 Å². The average Bonchev–Trinajstić information content (AvgIpc) is 2.26. The molecule has 0 radical (unpaired) electrons. The second-order valence-corrected chi connectivity index (χ2v) is 3.71. The van der Waals surface area contributed by atoms with E-state index in [1.165, 1.54) is 12.1 Å². The molecule has 0 fully saturated rings. The Hall–Kier alpha value is -1.88. The van der Waals surface area contributed by atoms with Crippen molar-refractivity contribution < 1.29 is 8.78 Å². The van der Waals surface area contributed by atoms with Gasteiger partial charge in [-0.05, 0) is 30.7 Å². The van der Waals surface area contributed by atoms with Gasteiger partial charge in [0.1, 0.15) is 17.5 Å². The van der Waals surface area contributed by atoms with Crippen LogP contribution in [0.4, 0.5) is 8.78 Å². The van der Waals surface area contributed by atoms with Crippen LogP contribution in [-0.2, 0) is 0 Å². The largest absolute Gasteiger partial charge is 0.319 e. The van der Waals surface area contributed by atoms with Gasteiger partial charge in [-0.15, -0.1) is 0 Å². The standard InChI is InChI=1S/C12H11F2N3/c1-7-16-3-2-11(17-7)12(15)8-4-9(13)6-10(14)5-8/h2-6,12H,15H2,1H3. The summed E-state index contributed by atoms with van der Waals surface area (Å²) in [6.45, 7) is 1.72. The van der Waals surface area contributed by atoms with E-state index in [2.05, 4.69) is 9.97 Å². The van der Waals surface area contributed by atoms with Crippen LogP contribution in [0.1, 0.15) is 23.1 Å². The highest BCUT2D eigenvalue weighted by Crippen LogP contribution is 2.19. The van der Waals surface area contributed by atoms with E-state index in [9.17, 15) is 8.78 Å². The van der Waals surface area contributed by atoms with Gasteiger partial charge in [0.25, 0.3) is 0 Å². The Bertz CT molecular complexity index is 523. The summed E-state index contributed by atoms with van der Waals surface area (Å²) in [5.41, 5.74) is 6.78. The molecule has 1 unspecified atom stereocenters. The topological polar surface area (TPSA) is 51.8 Å². The van der Waals surface area contributed by atoms with Crippen molar-refractivity contribution in [2.75, 3.05) is 0 Å². The van der Waals surface area contributed by atoms with Crippen molar-refractivity contribution in [1.29, 1.82) is 0 Å². The molecule has 0 saturated carbocycles. The van der Waals surface area contributed by atoms with Crippen LogP contribution in [-0.4, -0.2) is 9.97 Å². The van der Waals surface area contributed by atoms with Gasteiger partial charge in [0.15, 0.2) is 0 Å². The number of nitrogens with zero attached hydrogens (tertiary/aromatic N) is 2. The van der Waals surface area contributed by atoms with Gasteiger partial charge in [-0.25, -0.2) is 18.7 Å². The van der Waals surface area contributed by atoms with Crippen LogP contribution in [0, 0.1) is 18.6 Å². The third kappa shape index (κ3) is 2.62. The van der Waals surface area contributed by atoms with Crippen LogP contribution in [0.15, 0.2) is 30.5 Å². The van der Waals surface area contributed by atoms with Gasteiger partial charge in [-0.1, -0.05) is 0 Å². The second kappa shape index (κ2) is 4.55. The van der Waals surface area contributed by atoms with Crippen LogP contribution >= 0.6 is 0 Å². The number of benzene rings is 1. The van der Waals surface area contributed by atoms with Gasteiger partial charge in [-0.3, -0.25) is 0 Å². The van der Waals surface area contributed by atoms with E-state index >= 15 is 0 Å². The first kappa shape index (κ1) is 11.6. The SMILES string of the molecule is Cc1nccc(C(N)c2cc(F)cc(F)c2)n1. The molecule has 0 aliphatic carbocycles. The van der Waals surface area contributed by atoms with Crippen LogP contribution in [0.5, 0.6) is 0 Å². The van der Waals surface area contributed by atoms with Crippen LogP contribution in [0.3, 0.4) is 0 Å². The molecule has 0 saturated heterocycles. The highest BCUT2D eigenvalue weighted by molar-refractivity contribution is 5.28. The van der Waals surface area contributed by atoms with Gasteiger partial charge in [-0.2, -0.15) is 0 Å². The lowest BCUT2D eigenvalue weighted by Crippen LogP contribution is -2.14. The summed E-state index contributed by atoms with van der Waals surface area (Å²) in [6, 6.07) is 4.17. The highest BCUT2D eigenvalue weighted by Gasteiger charge is 2.13. The first-order chi connectivity index (χ1) is 8.06. The Labute approximate surface area is 97.3 Å². The molecule has 5 heteroatoms. The summed E-state index contributed by atoms with van der Waals surface area (Å²) in [4.78, 5) is 8.06. The summed E-state index contributed by atoms with van der Waals surface area (Å²) in [6.07, 6.45) is 1.56. The highest BCUT2D eigenvalue weighted by atomic mass is 19.1. The number of halogens is 2. The van der Waals surface area contributed by atoms with E-state index in [0.717, 1.165) is 6.07 Å². The number of hydrogen-bond donors (Lipinski definition) is 1. The Morgan fingerprint density at radius 1 is 1.18 bits per heavy atom. The second-order valence-electron chi connectivity index (χ2n) is 3.71. The maximum absolute atomic E-state index is 13.1. The Morgan fingerprint density at radius 2 is 1.82 bits per heavy atom. The monoisotopic (exact) mass is 235 g/mol. The molecule has 1 atom stereocenters. The van der Waals surface area contributed by atoms with Crippen molar-refractivity contribution in [2.24, 2.45) is 5.73 Å². The van der Waals surface area contributed by atoms with Gasteiger partial charge in [0, 0.05) is 12.3 Å². The van der Waals surface area contributed by atoms with E-state index < -0.39 is 17.7 Å². The summed E-state index contributed by atoms with van der Waals surface area (Å²) >= 11 is 0. The van der Waals surface area contributed by atoms with Crippen molar-refractivity contribution >= 4 is 0 Å². The van der Waals surface area contributed by atoms with Gasteiger partial charge >= 0.3 is 0 Å². The van der Waals surface area contributed by atoms with Gasteiger partial charge in [0.2, 0.25) is 0 Å². The molecule has 1 aromatic heterocycles. The lowest BCUT2D eigenvalue weighted by Gasteiger charge is -2.12. The Balaban J connectivity index is 2.39. The third-order valence-electron chi connectivity index (χ3n) is 2.36. The molecule has 1 heterocycles. The average molecular weight is 235 g/mol. The zero-order chi connectivity index (χ0) is 12.4. The molecular weight excluding hydrogens is 224 g/mol. The maximum atomic E-state index is 13.1. The molecule has 0 amide bonds. The maximum Gasteiger partial charge on any atom is 0.126 e. The first-order valence-corrected chi connectivity index (χ1v) is 5.07. The fourth-order valence-corrected chi connectivity index (χ4v) is 1.57. The smallest absolute Gasteiger partial charge is 0.126 e. The third-order valence-corrected chi connectivity index (χ3v) is 2.36. The molecule has 88 valence electrons. The van der Waals surface area contributed by atoms with E-state index in [0.29, 0.717) is 17.1 Å². The van der Waals surface area contributed by atoms with E-state index in [4.69, 9.17) is 5.73 Å². The predicted molar refractivity (Wildman–Crippen MR) is 59.2 cm³/mol. The minimum atomic E-state index is -0.665. The summed E-state index contributed by atoms with van der Waals surface area (Å²) in [7, 11) is 0. The number of aromatic nitrogens is 2. The molecule has 17 heavy (non-hydrogen) atoms.